The average Bonchev–Trinajstić information content (AvgIpc) is 2.67. The first-order valence-corrected chi connectivity index (χ1v) is 8.14. The molecule has 0 aliphatic rings. The van der Waals surface area contributed by atoms with E-state index >= 15 is 0 Å². The predicted molar refractivity (Wildman–Crippen MR) is 100 cm³/mol. The van der Waals surface area contributed by atoms with Crippen LogP contribution in [0.1, 0.15) is 23.6 Å². The van der Waals surface area contributed by atoms with Crippen molar-refractivity contribution in [1.29, 1.82) is 0 Å². The molecule has 0 heterocycles. The molecule has 0 unspecified atom stereocenters. The minimum Gasteiger partial charge on any atom is -0.497 e. The van der Waals surface area contributed by atoms with Crippen molar-refractivity contribution in [3.63, 3.8) is 0 Å². The van der Waals surface area contributed by atoms with Gasteiger partial charge in [-0.25, -0.2) is 0 Å². The van der Waals surface area contributed by atoms with Gasteiger partial charge >= 0.3 is 0 Å². The zero-order valence-electron chi connectivity index (χ0n) is 14.0. The quantitative estimate of drug-likeness (QED) is 0.594. The first-order chi connectivity index (χ1) is 11.8. The Bertz CT molecular complexity index is 845. The molecule has 0 spiro atoms. The summed E-state index contributed by atoms with van der Waals surface area (Å²) in [6, 6.07) is 24.9. The Balaban J connectivity index is 1.75. The number of aryl methyl sites for hydroxylation is 1. The van der Waals surface area contributed by atoms with Crippen LogP contribution in [0.4, 0.5) is 0 Å². The number of methoxy groups -OCH3 is 1. The lowest BCUT2D eigenvalue weighted by Gasteiger charge is -2.03. The van der Waals surface area contributed by atoms with Crippen LogP contribution in [0.2, 0.25) is 0 Å². The van der Waals surface area contributed by atoms with Gasteiger partial charge in [-0.05, 0) is 59.5 Å². The fourth-order valence-corrected chi connectivity index (χ4v) is 2.50. The number of hydrogen-bond donors (Lipinski definition) is 0. The number of ether oxygens (including phenoxy) is 1. The third-order valence-corrected chi connectivity index (χ3v) is 4.02. The van der Waals surface area contributed by atoms with Crippen molar-refractivity contribution in [2.45, 2.75) is 13.3 Å². The zero-order valence-corrected chi connectivity index (χ0v) is 14.0. The Morgan fingerprint density at radius 1 is 0.667 bits per heavy atom. The lowest BCUT2D eigenvalue weighted by atomic mass is 10.0. The van der Waals surface area contributed by atoms with E-state index < -0.39 is 0 Å². The van der Waals surface area contributed by atoms with E-state index in [0.29, 0.717) is 0 Å². The molecular weight excluding hydrogens is 292 g/mol. The molecule has 0 N–H and O–H groups in total. The first-order valence-electron chi connectivity index (χ1n) is 8.14. The van der Waals surface area contributed by atoms with E-state index in [0.717, 1.165) is 23.3 Å². The van der Waals surface area contributed by atoms with Gasteiger partial charge in [0, 0.05) is 11.1 Å². The molecule has 118 valence electrons. The highest BCUT2D eigenvalue weighted by Gasteiger charge is 1.98. The summed E-state index contributed by atoms with van der Waals surface area (Å²) in [7, 11) is 1.66. The molecular formula is C23H20O. The second-order valence-electron chi connectivity index (χ2n) is 5.61. The summed E-state index contributed by atoms with van der Waals surface area (Å²) >= 11 is 0. The topological polar surface area (TPSA) is 9.23 Å². The SMILES string of the molecule is CCc1ccc(-c2ccc(C#Cc3ccc(OC)cc3)cc2)cc1. The van der Waals surface area contributed by atoms with Crippen LogP contribution in [0.15, 0.2) is 72.8 Å². The molecule has 0 aromatic heterocycles. The number of rotatable bonds is 3. The van der Waals surface area contributed by atoms with Crippen LogP contribution in [0.3, 0.4) is 0 Å². The van der Waals surface area contributed by atoms with Crippen molar-refractivity contribution in [3.8, 4) is 28.7 Å². The van der Waals surface area contributed by atoms with Crippen molar-refractivity contribution < 1.29 is 4.74 Å². The summed E-state index contributed by atoms with van der Waals surface area (Å²) in [5.41, 5.74) is 5.81. The predicted octanol–water partition coefficient (Wildman–Crippen LogP) is 5.32. The van der Waals surface area contributed by atoms with E-state index in [9.17, 15) is 0 Å². The summed E-state index contributed by atoms with van der Waals surface area (Å²) in [6.07, 6.45) is 1.07. The number of benzene rings is 3. The summed E-state index contributed by atoms with van der Waals surface area (Å²) < 4.78 is 5.15. The van der Waals surface area contributed by atoms with Crippen molar-refractivity contribution in [2.75, 3.05) is 7.11 Å². The van der Waals surface area contributed by atoms with Gasteiger partial charge < -0.3 is 4.74 Å². The third kappa shape index (κ3) is 3.86. The highest BCUT2D eigenvalue weighted by Crippen LogP contribution is 2.20. The molecule has 0 saturated carbocycles. The van der Waals surface area contributed by atoms with Crippen LogP contribution in [0, 0.1) is 11.8 Å². The normalized spacial score (nSPS) is 9.92. The fraction of sp³-hybridized carbons (Fsp3) is 0.130. The first kappa shape index (κ1) is 15.9. The van der Waals surface area contributed by atoms with Crippen molar-refractivity contribution in [2.24, 2.45) is 0 Å². The van der Waals surface area contributed by atoms with E-state index in [1.54, 1.807) is 7.11 Å². The van der Waals surface area contributed by atoms with Gasteiger partial charge in [-0.1, -0.05) is 55.2 Å². The summed E-state index contributed by atoms with van der Waals surface area (Å²) in [4.78, 5) is 0. The van der Waals surface area contributed by atoms with Crippen LogP contribution in [-0.2, 0) is 6.42 Å². The maximum absolute atomic E-state index is 5.15. The zero-order chi connectivity index (χ0) is 16.8. The molecule has 3 aromatic rings. The van der Waals surface area contributed by atoms with E-state index in [-0.39, 0.29) is 0 Å². The van der Waals surface area contributed by atoms with E-state index in [2.05, 4.69) is 67.3 Å². The third-order valence-electron chi connectivity index (χ3n) is 4.02. The second-order valence-corrected chi connectivity index (χ2v) is 5.61. The highest BCUT2D eigenvalue weighted by molar-refractivity contribution is 5.64. The fourth-order valence-electron chi connectivity index (χ4n) is 2.50. The van der Waals surface area contributed by atoms with Crippen molar-refractivity contribution in [1.82, 2.24) is 0 Å². The van der Waals surface area contributed by atoms with Gasteiger partial charge in [0.25, 0.3) is 0 Å². The molecule has 0 saturated heterocycles. The van der Waals surface area contributed by atoms with Gasteiger partial charge in [0.1, 0.15) is 5.75 Å². The smallest absolute Gasteiger partial charge is 0.118 e. The minimum atomic E-state index is 0.846. The summed E-state index contributed by atoms with van der Waals surface area (Å²) in [5, 5.41) is 0. The van der Waals surface area contributed by atoms with Crippen molar-refractivity contribution in [3.05, 3.63) is 89.5 Å². The van der Waals surface area contributed by atoms with Crippen LogP contribution >= 0.6 is 0 Å². The Morgan fingerprint density at radius 2 is 1.12 bits per heavy atom. The maximum atomic E-state index is 5.15. The van der Waals surface area contributed by atoms with Gasteiger partial charge in [0.15, 0.2) is 0 Å². The van der Waals surface area contributed by atoms with E-state index in [1.165, 1.54) is 16.7 Å². The summed E-state index contributed by atoms with van der Waals surface area (Å²) in [5.74, 6) is 7.23. The highest BCUT2D eigenvalue weighted by atomic mass is 16.5. The monoisotopic (exact) mass is 312 g/mol. The molecule has 0 amide bonds. The maximum Gasteiger partial charge on any atom is 0.118 e. The molecule has 0 atom stereocenters. The van der Waals surface area contributed by atoms with E-state index in [4.69, 9.17) is 4.74 Å². The Morgan fingerprint density at radius 3 is 1.58 bits per heavy atom. The molecule has 0 aliphatic carbocycles. The van der Waals surface area contributed by atoms with Gasteiger partial charge in [-0.3, -0.25) is 0 Å². The Labute approximate surface area is 143 Å². The average molecular weight is 312 g/mol. The molecule has 24 heavy (non-hydrogen) atoms. The van der Waals surface area contributed by atoms with Gasteiger partial charge in [-0.2, -0.15) is 0 Å². The molecule has 0 bridgehead atoms. The molecule has 3 rings (SSSR count). The molecule has 1 heteroatoms. The van der Waals surface area contributed by atoms with Gasteiger partial charge in [-0.15, -0.1) is 0 Å². The standard InChI is InChI=1S/C23H20O/c1-3-18-6-12-21(13-7-18)22-14-8-19(9-15-22)4-5-20-10-16-23(24-2)17-11-20/h6-17H,3H2,1-2H3. The molecule has 0 fully saturated rings. The molecule has 3 aromatic carbocycles. The molecule has 1 nitrogen and oxygen atoms in total. The Hall–Kier alpha value is -2.98. The largest absolute Gasteiger partial charge is 0.497 e. The van der Waals surface area contributed by atoms with E-state index in [1.807, 2.05) is 24.3 Å². The molecule has 0 radical (unpaired) electrons. The lowest BCUT2D eigenvalue weighted by Crippen LogP contribution is -1.83. The minimum absolute atomic E-state index is 0.846. The van der Waals surface area contributed by atoms with Gasteiger partial charge in [0.05, 0.1) is 7.11 Å². The second kappa shape index (κ2) is 7.53. The van der Waals surface area contributed by atoms with Crippen LogP contribution in [0.25, 0.3) is 11.1 Å². The lowest BCUT2D eigenvalue weighted by molar-refractivity contribution is 0.415. The van der Waals surface area contributed by atoms with Gasteiger partial charge in [0.2, 0.25) is 0 Å². The van der Waals surface area contributed by atoms with Crippen molar-refractivity contribution >= 4 is 0 Å². The molecule has 0 aliphatic heterocycles. The van der Waals surface area contributed by atoms with Crippen LogP contribution in [0.5, 0.6) is 5.75 Å². The summed E-state index contributed by atoms with van der Waals surface area (Å²) in [6.45, 7) is 2.17. The Kier molecular flexibility index (Phi) is 4.99. The van der Waals surface area contributed by atoms with Crippen LogP contribution < -0.4 is 4.74 Å². The van der Waals surface area contributed by atoms with Crippen LogP contribution in [-0.4, -0.2) is 7.11 Å². The number of hydrogen-bond acceptors (Lipinski definition) is 1.